The SMILES string of the molecule is Cc1nn(Cc2ccccc2)c(Cl)c1/C=N/NC(=O)c1ccc(CSc2nncn2C)cc1. The Morgan fingerprint density at radius 2 is 1.91 bits per heavy atom. The van der Waals surface area contributed by atoms with Crippen LogP contribution in [-0.4, -0.2) is 36.7 Å². The number of benzene rings is 2. The second-order valence-corrected chi connectivity index (χ2v) is 8.64. The zero-order valence-electron chi connectivity index (χ0n) is 18.1. The number of amides is 1. The van der Waals surface area contributed by atoms with E-state index in [2.05, 4.69) is 25.8 Å². The Balaban J connectivity index is 1.34. The van der Waals surface area contributed by atoms with Crippen LogP contribution < -0.4 is 5.43 Å². The second-order valence-electron chi connectivity index (χ2n) is 7.34. The number of carbonyl (C=O) groups excluding carboxylic acids is 1. The third-order valence-electron chi connectivity index (χ3n) is 4.90. The minimum absolute atomic E-state index is 0.302. The molecule has 33 heavy (non-hydrogen) atoms. The van der Waals surface area contributed by atoms with Gasteiger partial charge in [-0.3, -0.25) is 4.79 Å². The first kappa shape index (κ1) is 22.8. The maximum absolute atomic E-state index is 12.4. The quantitative estimate of drug-likeness (QED) is 0.233. The average molecular weight is 480 g/mol. The summed E-state index contributed by atoms with van der Waals surface area (Å²) in [5.41, 5.74) is 6.65. The fraction of sp³-hybridized carbons (Fsp3) is 0.174. The van der Waals surface area contributed by atoms with Crippen molar-refractivity contribution in [2.45, 2.75) is 24.4 Å². The van der Waals surface area contributed by atoms with Crippen LogP contribution in [0.2, 0.25) is 5.15 Å². The van der Waals surface area contributed by atoms with Crippen LogP contribution in [0.5, 0.6) is 0 Å². The summed E-state index contributed by atoms with van der Waals surface area (Å²) in [6, 6.07) is 17.3. The molecule has 1 N–H and O–H groups in total. The van der Waals surface area contributed by atoms with E-state index in [9.17, 15) is 4.79 Å². The largest absolute Gasteiger partial charge is 0.312 e. The molecule has 0 aliphatic carbocycles. The van der Waals surface area contributed by atoms with Gasteiger partial charge in [0.1, 0.15) is 11.5 Å². The number of nitrogens with one attached hydrogen (secondary N) is 1. The van der Waals surface area contributed by atoms with Crippen LogP contribution in [0.1, 0.15) is 32.7 Å². The van der Waals surface area contributed by atoms with Crippen LogP contribution in [0, 0.1) is 6.92 Å². The van der Waals surface area contributed by atoms with E-state index < -0.39 is 0 Å². The summed E-state index contributed by atoms with van der Waals surface area (Å²) in [5, 5.41) is 17.8. The number of hydrogen-bond donors (Lipinski definition) is 1. The van der Waals surface area contributed by atoms with Gasteiger partial charge in [-0.05, 0) is 30.2 Å². The average Bonchev–Trinajstić information content (AvgIpc) is 3.35. The van der Waals surface area contributed by atoms with Crippen molar-refractivity contribution in [1.82, 2.24) is 30.0 Å². The van der Waals surface area contributed by atoms with Crippen LogP contribution in [0.3, 0.4) is 0 Å². The van der Waals surface area contributed by atoms with Gasteiger partial charge in [0.05, 0.1) is 24.0 Å². The van der Waals surface area contributed by atoms with Gasteiger partial charge in [-0.15, -0.1) is 10.2 Å². The molecule has 2 aromatic heterocycles. The number of thioether (sulfide) groups is 1. The van der Waals surface area contributed by atoms with Gasteiger partial charge in [0.2, 0.25) is 0 Å². The maximum atomic E-state index is 12.4. The zero-order valence-corrected chi connectivity index (χ0v) is 19.7. The number of rotatable bonds is 8. The third-order valence-corrected chi connectivity index (χ3v) is 6.40. The van der Waals surface area contributed by atoms with E-state index in [0.717, 1.165) is 27.7 Å². The van der Waals surface area contributed by atoms with Gasteiger partial charge in [0, 0.05) is 18.4 Å². The highest BCUT2D eigenvalue weighted by Crippen LogP contribution is 2.21. The van der Waals surface area contributed by atoms with E-state index in [0.29, 0.717) is 22.8 Å². The van der Waals surface area contributed by atoms with Crippen molar-refractivity contribution in [2.24, 2.45) is 12.1 Å². The molecule has 0 fully saturated rings. The van der Waals surface area contributed by atoms with Gasteiger partial charge in [-0.1, -0.05) is 65.8 Å². The molecule has 0 spiro atoms. The molecule has 4 aromatic rings. The smallest absolute Gasteiger partial charge is 0.271 e. The predicted molar refractivity (Wildman–Crippen MR) is 130 cm³/mol. The van der Waals surface area contributed by atoms with Crippen LogP contribution >= 0.6 is 23.4 Å². The highest BCUT2D eigenvalue weighted by molar-refractivity contribution is 7.98. The Hall–Kier alpha value is -3.43. The summed E-state index contributed by atoms with van der Waals surface area (Å²) >= 11 is 8.07. The molecule has 1 amide bonds. The van der Waals surface area contributed by atoms with Crippen LogP contribution in [0.15, 0.2) is 71.2 Å². The third kappa shape index (κ3) is 5.68. The van der Waals surface area contributed by atoms with E-state index in [1.807, 2.05) is 61.0 Å². The molecule has 168 valence electrons. The summed E-state index contributed by atoms with van der Waals surface area (Å²) in [7, 11) is 1.90. The monoisotopic (exact) mass is 479 g/mol. The molecule has 0 atom stereocenters. The molecular formula is C23H22ClN7OS. The first-order chi connectivity index (χ1) is 16.0. The molecule has 0 aliphatic rings. The topological polar surface area (TPSA) is 90.0 Å². The van der Waals surface area contributed by atoms with Gasteiger partial charge < -0.3 is 4.57 Å². The molecule has 0 saturated carbocycles. The Morgan fingerprint density at radius 3 is 2.61 bits per heavy atom. The van der Waals surface area contributed by atoms with E-state index in [1.165, 1.54) is 6.21 Å². The van der Waals surface area contributed by atoms with Crippen molar-refractivity contribution in [1.29, 1.82) is 0 Å². The Kier molecular flexibility index (Phi) is 7.21. The zero-order chi connectivity index (χ0) is 23.2. The molecular weight excluding hydrogens is 458 g/mol. The molecule has 0 bridgehead atoms. The summed E-state index contributed by atoms with van der Waals surface area (Å²) in [6.07, 6.45) is 3.19. The van der Waals surface area contributed by atoms with Gasteiger partial charge in [0.15, 0.2) is 5.16 Å². The molecule has 0 saturated heterocycles. The van der Waals surface area contributed by atoms with E-state index in [-0.39, 0.29) is 5.91 Å². The normalized spacial score (nSPS) is 11.2. The van der Waals surface area contributed by atoms with E-state index in [4.69, 9.17) is 11.6 Å². The molecule has 0 radical (unpaired) electrons. The summed E-state index contributed by atoms with van der Waals surface area (Å²) in [4.78, 5) is 12.4. The minimum atomic E-state index is -0.302. The van der Waals surface area contributed by atoms with Gasteiger partial charge in [-0.25, -0.2) is 10.1 Å². The lowest BCUT2D eigenvalue weighted by atomic mass is 10.1. The number of nitrogens with zero attached hydrogens (tertiary/aromatic N) is 6. The summed E-state index contributed by atoms with van der Waals surface area (Å²) in [5.74, 6) is 0.432. The van der Waals surface area contributed by atoms with Crippen LogP contribution in [0.25, 0.3) is 0 Å². The first-order valence-electron chi connectivity index (χ1n) is 10.2. The van der Waals surface area contributed by atoms with Gasteiger partial charge >= 0.3 is 0 Å². The lowest BCUT2D eigenvalue weighted by Crippen LogP contribution is -2.17. The maximum Gasteiger partial charge on any atom is 0.271 e. The standard InChI is InChI=1S/C23H22ClN7OS/c1-16-20(21(24)31(29-16)13-17-6-4-3-5-7-17)12-25-27-22(32)19-10-8-18(9-11-19)14-33-23-28-26-15-30(23)2/h3-12,15H,13-14H2,1-2H3,(H,27,32)/b25-12+. The van der Waals surface area contributed by atoms with Crippen molar-refractivity contribution in [3.63, 3.8) is 0 Å². The summed E-state index contributed by atoms with van der Waals surface area (Å²) < 4.78 is 3.58. The number of hydrazone groups is 1. The van der Waals surface area contributed by atoms with Crippen molar-refractivity contribution in [3.8, 4) is 0 Å². The van der Waals surface area contributed by atoms with Gasteiger partial charge in [0.25, 0.3) is 5.91 Å². The Bertz CT molecular complexity index is 1270. The van der Waals surface area contributed by atoms with E-state index >= 15 is 0 Å². The fourth-order valence-corrected chi connectivity index (χ4v) is 4.23. The first-order valence-corrected chi connectivity index (χ1v) is 11.5. The lowest BCUT2D eigenvalue weighted by molar-refractivity contribution is 0.0955. The molecule has 10 heteroatoms. The number of hydrogen-bond acceptors (Lipinski definition) is 6. The van der Waals surface area contributed by atoms with E-state index in [1.54, 1.807) is 34.9 Å². The fourth-order valence-electron chi connectivity index (χ4n) is 3.10. The molecule has 0 unspecified atom stereocenters. The van der Waals surface area contributed by atoms with Gasteiger partial charge in [-0.2, -0.15) is 10.2 Å². The van der Waals surface area contributed by atoms with Crippen molar-refractivity contribution in [2.75, 3.05) is 0 Å². The van der Waals surface area contributed by atoms with Crippen molar-refractivity contribution >= 4 is 35.5 Å². The lowest BCUT2D eigenvalue weighted by Gasteiger charge is -2.04. The number of aromatic nitrogens is 5. The molecule has 2 heterocycles. The minimum Gasteiger partial charge on any atom is -0.312 e. The number of aryl methyl sites for hydroxylation is 2. The molecule has 2 aromatic carbocycles. The second kappa shape index (κ2) is 10.5. The van der Waals surface area contributed by atoms with Crippen LogP contribution in [-0.2, 0) is 19.3 Å². The summed E-state index contributed by atoms with van der Waals surface area (Å²) in [6.45, 7) is 2.41. The Labute approximate surface area is 200 Å². The predicted octanol–water partition coefficient (Wildman–Crippen LogP) is 4.08. The highest BCUT2D eigenvalue weighted by atomic mass is 35.5. The van der Waals surface area contributed by atoms with Crippen molar-refractivity contribution < 1.29 is 4.79 Å². The Morgan fingerprint density at radius 1 is 1.15 bits per heavy atom. The van der Waals surface area contributed by atoms with Crippen molar-refractivity contribution in [3.05, 3.63) is 94.0 Å². The molecule has 0 aliphatic heterocycles. The molecule has 4 rings (SSSR count). The highest BCUT2D eigenvalue weighted by Gasteiger charge is 2.12. The van der Waals surface area contributed by atoms with Crippen LogP contribution in [0.4, 0.5) is 0 Å². The number of carbonyl (C=O) groups is 1. The number of halogens is 1. The molecule has 8 nitrogen and oxygen atoms in total.